The van der Waals surface area contributed by atoms with Crippen LogP contribution in [0.25, 0.3) is 0 Å². The van der Waals surface area contributed by atoms with Gasteiger partial charge in [-0.25, -0.2) is 4.79 Å². The molecule has 0 radical (unpaired) electrons. The van der Waals surface area contributed by atoms with Crippen molar-refractivity contribution in [1.82, 2.24) is 4.90 Å². The summed E-state index contributed by atoms with van der Waals surface area (Å²) in [5.74, 6) is 0.863. The number of piperazine rings is 1. The maximum atomic E-state index is 12.8. The summed E-state index contributed by atoms with van der Waals surface area (Å²) in [4.78, 5) is 29.6. The highest BCUT2D eigenvalue weighted by Gasteiger charge is 2.25. The van der Waals surface area contributed by atoms with Crippen LogP contribution in [0.15, 0.2) is 42.5 Å². The summed E-state index contributed by atoms with van der Waals surface area (Å²) in [6.45, 7) is 18.0. The van der Waals surface area contributed by atoms with Gasteiger partial charge in [-0.05, 0) is 52.6 Å². The molecule has 0 bridgehead atoms. The van der Waals surface area contributed by atoms with Crippen molar-refractivity contribution in [1.29, 1.82) is 0 Å². The van der Waals surface area contributed by atoms with Crippen LogP contribution in [-0.2, 0) is 4.79 Å². The average Bonchev–Trinajstić information content (AvgIpc) is 2.78. The van der Waals surface area contributed by atoms with E-state index in [0.717, 1.165) is 54.4 Å². The maximum absolute atomic E-state index is 12.8. The first-order valence-corrected chi connectivity index (χ1v) is 12.8. The topological polar surface area (TPSA) is 64.7 Å². The molecule has 0 saturated carbocycles. The first-order chi connectivity index (χ1) is 16.4. The lowest BCUT2D eigenvalue weighted by molar-refractivity contribution is -0.133. The van der Waals surface area contributed by atoms with E-state index in [1.165, 1.54) is 0 Å². The van der Waals surface area contributed by atoms with Gasteiger partial charge in [-0.1, -0.05) is 66.7 Å². The number of rotatable bonds is 6. The van der Waals surface area contributed by atoms with Crippen molar-refractivity contribution >= 4 is 29.0 Å². The number of anilines is 3. The second kappa shape index (κ2) is 11.1. The van der Waals surface area contributed by atoms with E-state index in [1.807, 2.05) is 29.2 Å². The summed E-state index contributed by atoms with van der Waals surface area (Å²) in [7, 11) is 0. The first-order valence-electron chi connectivity index (χ1n) is 12.8. The van der Waals surface area contributed by atoms with Gasteiger partial charge in [0, 0.05) is 49.7 Å². The Balaban J connectivity index is 1.59. The van der Waals surface area contributed by atoms with Crippen molar-refractivity contribution in [3.63, 3.8) is 0 Å². The molecular weight excluding hydrogens is 436 g/mol. The molecule has 190 valence electrons. The molecule has 0 atom stereocenters. The van der Waals surface area contributed by atoms with Crippen molar-refractivity contribution in [3.05, 3.63) is 53.6 Å². The van der Waals surface area contributed by atoms with Crippen LogP contribution >= 0.6 is 0 Å². The lowest BCUT2D eigenvalue weighted by Crippen LogP contribution is -2.49. The Hall–Kier alpha value is -3.02. The molecular formula is C29H42N4O2. The minimum absolute atomic E-state index is 0.0105. The van der Waals surface area contributed by atoms with E-state index < -0.39 is 0 Å². The van der Waals surface area contributed by atoms with E-state index in [4.69, 9.17) is 0 Å². The summed E-state index contributed by atoms with van der Waals surface area (Å²) in [6.07, 6.45) is 0.579. The van der Waals surface area contributed by atoms with Gasteiger partial charge in [-0.3, -0.25) is 4.79 Å². The summed E-state index contributed by atoms with van der Waals surface area (Å²) in [5, 5.41) is 6.08. The SMILES string of the molecule is CC(C)c1cccc(C(C)C)c1NC(=O)Nc1ccc(N2CCN(C(=O)CC(C)(C)C)CC2)cc1. The fourth-order valence-electron chi connectivity index (χ4n) is 4.51. The lowest BCUT2D eigenvalue weighted by atomic mass is 9.91. The second-order valence-electron chi connectivity index (χ2n) is 11.4. The van der Waals surface area contributed by atoms with Gasteiger partial charge in [0.2, 0.25) is 5.91 Å². The third-order valence-corrected chi connectivity index (χ3v) is 6.42. The van der Waals surface area contributed by atoms with Crippen LogP contribution in [0.3, 0.4) is 0 Å². The number of nitrogens with zero attached hydrogens (tertiary/aromatic N) is 2. The second-order valence-corrected chi connectivity index (χ2v) is 11.4. The zero-order valence-electron chi connectivity index (χ0n) is 22.4. The number of benzene rings is 2. The van der Waals surface area contributed by atoms with Crippen molar-refractivity contribution in [2.75, 3.05) is 41.7 Å². The number of para-hydroxylation sites is 1. The van der Waals surface area contributed by atoms with E-state index in [0.29, 0.717) is 18.3 Å². The minimum Gasteiger partial charge on any atom is -0.368 e. The molecule has 0 aromatic heterocycles. The molecule has 2 aromatic rings. The molecule has 6 nitrogen and oxygen atoms in total. The molecule has 2 aromatic carbocycles. The monoisotopic (exact) mass is 478 g/mol. The van der Waals surface area contributed by atoms with Gasteiger partial charge in [-0.2, -0.15) is 0 Å². The fraction of sp³-hybridized carbons (Fsp3) is 0.517. The summed E-state index contributed by atoms with van der Waals surface area (Å²) < 4.78 is 0. The Morgan fingerprint density at radius 1 is 0.829 bits per heavy atom. The van der Waals surface area contributed by atoms with Gasteiger partial charge in [-0.15, -0.1) is 0 Å². The van der Waals surface area contributed by atoms with Crippen LogP contribution in [0.2, 0.25) is 0 Å². The molecule has 0 aliphatic carbocycles. The minimum atomic E-state index is -0.237. The van der Waals surface area contributed by atoms with Crippen LogP contribution < -0.4 is 15.5 Å². The van der Waals surface area contributed by atoms with Gasteiger partial charge in [0.1, 0.15) is 0 Å². The van der Waals surface area contributed by atoms with Crippen molar-refractivity contribution < 1.29 is 9.59 Å². The zero-order chi connectivity index (χ0) is 25.8. The largest absolute Gasteiger partial charge is 0.368 e. The molecule has 1 aliphatic heterocycles. The van der Waals surface area contributed by atoms with Crippen LogP contribution in [0, 0.1) is 5.41 Å². The normalized spacial score (nSPS) is 14.4. The third kappa shape index (κ3) is 7.23. The molecule has 1 heterocycles. The van der Waals surface area contributed by atoms with E-state index in [9.17, 15) is 9.59 Å². The predicted octanol–water partition coefficient (Wildman–Crippen LogP) is 6.66. The number of hydrogen-bond acceptors (Lipinski definition) is 3. The standard InChI is InChI=1S/C29H42N4O2/c1-20(2)24-9-8-10-25(21(3)4)27(24)31-28(35)30-22-11-13-23(14-12-22)32-15-17-33(18-16-32)26(34)19-29(5,6)7/h8-14,20-21H,15-19H2,1-7H3,(H2,30,31,35). The third-order valence-electron chi connectivity index (χ3n) is 6.42. The predicted molar refractivity (Wildman–Crippen MR) is 147 cm³/mol. The van der Waals surface area contributed by atoms with Gasteiger partial charge < -0.3 is 20.4 Å². The van der Waals surface area contributed by atoms with Crippen molar-refractivity contribution in [2.45, 2.75) is 66.7 Å². The van der Waals surface area contributed by atoms with Gasteiger partial charge in [0.15, 0.2) is 0 Å². The average molecular weight is 479 g/mol. The number of carbonyl (C=O) groups excluding carboxylic acids is 2. The molecule has 3 rings (SSSR count). The summed E-state index contributed by atoms with van der Waals surface area (Å²) in [5.41, 5.74) is 5.05. The van der Waals surface area contributed by atoms with E-state index in [-0.39, 0.29) is 17.4 Å². The Morgan fingerprint density at radius 3 is 1.86 bits per heavy atom. The van der Waals surface area contributed by atoms with Gasteiger partial charge in [0.25, 0.3) is 0 Å². The Bertz CT molecular complexity index is 988. The molecule has 1 aliphatic rings. The Morgan fingerprint density at radius 2 is 1.37 bits per heavy atom. The first kappa shape index (κ1) is 26.6. The van der Waals surface area contributed by atoms with Crippen molar-refractivity contribution in [2.24, 2.45) is 5.41 Å². The maximum Gasteiger partial charge on any atom is 0.323 e. The molecule has 35 heavy (non-hydrogen) atoms. The highest BCUT2D eigenvalue weighted by atomic mass is 16.2. The summed E-state index contributed by atoms with van der Waals surface area (Å²) in [6, 6.07) is 13.9. The smallest absolute Gasteiger partial charge is 0.323 e. The molecule has 6 heteroatoms. The zero-order valence-corrected chi connectivity index (χ0v) is 22.4. The van der Waals surface area contributed by atoms with Gasteiger partial charge in [0.05, 0.1) is 0 Å². The van der Waals surface area contributed by atoms with Crippen LogP contribution in [0.1, 0.15) is 77.8 Å². The van der Waals surface area contributed by atoms with E-state index >= 15 is 0 Å². The molecule has 3 amide bonds. The van der Waals surface area contributed by atoms with Crippen LogP contribution in [-0.4, -0.2) is 43.0 Å². The fourth-order valence-corrected chi connectivity index (χ4v) is 4.51. The van der Waals surface area contributed by atoms with E-state index in [1.54, 1.807) is 0 Å². The Labute approximate surface area is 211 Å². The molecule has 0 unspecified atom stereocenters. The van der Waals surface area contributed by atoms with Crippen LogP contribution in [0.5, 0.6) is 0 Å². The molecule has 1 fully saturated rings. The number of nitrogens with one attached hydrogen (secondary N) is 2. The highest BCUT2D eigenvalue weighted by molar-refractivity contribution is 6.01. The number of carbonyl (C=O) groups is 2. The molecule has 2 N–H and O–H groups in total. The van der Waals surface area contributed by atoms with Gasteiger partial charge >= 0.3 is 6.03 Å². The quantitative estimate of drug-likeness (QED) is 0.488. The molecule has 1 saturated heterocycles. The van der Waals surface area contributed by atoms with E-state index in [2.05, 4.69) is 82.2 Å². The van der Waals surface area contributed by atoms with Crippen LogP contribution in [0.4, 0.5) is 21.9 Å². The summed E-state index contributed by atoms with van der Waals surface area (Å²) >= 11 is 0. The van der Waals surface area contributed by atoms with Crippen molar-refractivity contribution in [3.8, 4) is 0 Å². The number of hydrogen-bond donors (Lipinski definition) is 2. The Kier molecular flexibility index (Phi) is 8.47. The number of urea groups is 1. The molecule has 0 spiro atoms. The number of amides is 3. The lowest BCUT2D eigenvalue weighted by Gasteiger charge is -2.37. The highest BCUT2D eigenvalue weighted by Crippen LogP contribution is 2.32.